The molecule has 0 saturated carbocycles. The summed E-state index contributed by atoms with van der Waals surface area (Å²) in [6, 6.07) is 21.8. The lowest BCUT2D eigenvalue weighted by molar-refractivity contribution is -0.142. The van der Waals surface area contributed by atoms with Crippen LogP contribution >= 0.6 is 0 Å². The van der Waals surface area contributed by atoms with E-state index in [1.807, 2.05) is 88.5 Å². The first kappa shape index (κ1) is 20.7. The average molecular weight is 414 g/mol. The summed E-state index contributed by atoms with van der Waals surface area (Å²) in [6.45, 7) is 8.23. The number of aryl methyl sites for hydroxylation is 1. The van der Waals surface area contributed by atoms with Gasteiger partial charge in [0.1, 0.15) is 22.9 Å². The molecule has 31 heavy (non-hydrogen) atoms. The molecule has 0 aliphatic rings. The number of pyridine rings is 1. The molecule has 0 radical (unpaired) electrons. The number of ether oxygens (including phenoxy) is 1. The van der Waals surface area contributed by atoms with E-state index in [-0.39, 0.29) is 5.97 Å². The molecule has 4 aromatic rings. The van der Waals surface area contributed by atoms with Crippen molar-refractivity contribution in [1.82, 2.24) is 9.38 Å². The Bertz CT molecular complexity index is 1220. The number of hydrogen-bond donors (Lipinski definition) is 1. The number of aromatic nitrogens is 2. The number of fused-ring (bicyclic) bond motifs is 1. The highest BCUT2D eigenvalue weighted by molar-refractivity contribution is 5.85. The smallest absolute Gasteiger partial charge is 0.316 e. The molecule has 0 aliphatic carbocycles. The standard InChI is InChI=1S/C26H27N3O2/c1-18-11-10-16-29-23(18)28-22(24(29)27-17-19-12-6-5-7-13-19)20-14-8-9-15-21(20)31-25(30)26(2,3)4/h5-16,27H,17H2,1-4H3. The molecule has 0 amide bonds. The largest absolute Gasteiger partial charge is 0.425 e. The van der Waals surface area contributed by atoms with Gasteiger partial charge in [-0.2, -0.15) is 0 Å². The summed E-state index contributed by atoms with van der Waals surface area (Å²) in [5.74, 6) is 1.09. The van der Waals surface area contributed by atoms with E-state index < -0.39 is 5.41 Å². The van der Waals surface area contributed by atoms with Gasteiger partial charge < -0.3 is 10.1 Å². The summed E-state index contributed by atoms with van der Waals surface area (Å²) in [6.07, 6.45) is 2.00. The molecule has 0 spiro atoms. The number of rotatable bonds is 5. The third-order valence-corrected chi connectivity index (χ3v) is 5.11. The van der Waals surface area contributed by atoms with Gasteiger partial charge in [-0.3, -0.25) is 9.20 Å². The lowest BCUT2D eigenvalue weighted by Crippen LogP contribution is -2.25. The average Bonchev–Trinajstić information content (AvgIpc) is 3.12. The van der Waals surface area contributed by atoms with E-state index in [0.717, 1.165) is 28.3 Å². The van der Waals surface area contributed by atoms with Gasteiger partial charge in [-0.25, -0.2) is 4.98 Å². The van der Waals surface area contributed by atoms with Crippen molar-refractivity contribution in [3.8, 4) is 17.0 Å². The molecule has 5 heteroatoms. The molecule has 158 valence electrons. The van der Waals surface area contributed by atoms with Crippen LogP contribution in [0.5, 0.6) is 5.75 Å². The molecule has 1 N–H and O–H groups in total. The molecule has 5 nitrogen and oxygen atoms in total. The fraction of sp³-hybridized carbons (Fsp3) is 0.231. The Kier molecular flexibility index (Phi) is 5.51. The van der Waals surface area contributed by atoms with Gasteiger partial charge in [-0.05, 0) is 57.0 Å². The molecule has 0 saturated heterocycles. The summed E-state index contributed by atoms with van der Waals surface area (Å²) in [5, 5.41) is 3.55. The number of carbonyl (C=O) groups is 1. The monoisotopic (exact) mass is 413 g/mol. The fourth-order valence-electron chi connectivity index (χ4n) is 3.35. The van der Waals surface area contributed by atoms with Crippen molar-refractivity contribution in [1.29, 1.82) is 0 Å². The summed E-state index contributed by atoms with van der Waals surface area (Å²) < 4.78 is 7.84. The summed E-state index contributed by atoms with van der Waals surface area (Å²) in [7, 11) is 0. The van der Waals surface area contributed by atoms with Crippen molar-refractivity contribution in [2.45, 2.75) is 34.2 Å². The van der Waals surface area contributed by atoms with E-state index >= 15 is 0 Å². The van der Waals surface area contributed by atoms with Gasteiger partial charge in [0.2, 0.25) is 0 Å². The molecular weight excluding hydrogens is 386 g/mol. The first-order valence-electron chi connectivity index (χ1n) is 10.4. The van der Waals surface area contributed by atoms with Crippen LogP contribution in [-0.4, -0.2) is 15.4 Å². The molecule has 0 unspecified atom stereocenters. The Balaban J connectivity index is 1.81. The number of hydrogen-bond acceptors (Lipinski definition) is 4. The Labute approximate surface area is 182 Å². The lowest BCUT2D eigenvalue weighted by atomic mass is 9.97. The minimum atomic E-state index is -0.600. The maximum absolute atomic E-state index is 12.6. The van der Waals surface area contributed by atoms with Crippen LogP contribution in [0.4, 0.5) is 5.82 Å². The fourth-order valence-corrected chi connectivity index (χ4v) is 3.35. The number of anilines is 1. The number of nitrogens with zero attached hydrogens (tertiary/aromatic N) is 2. The topological polar surface area (TPSA) is 55.6 Å². The Morgan fingerprint density at radius 2 is 1.71 bits per heavy atom. The van der Waals surface area contributed by atoms with E-state index in [0.29, 0.717) is 12.3 Å². The van der Waals surface area contributed by atoms with Gasteiger partial charge in [-0.1, -0.05) is 48.5 Å². The molecule has 0 aliphatic heterocycles. The lowest BCUT2D eigenvalue weighted by Gasteiger charge is -2.18. The second-order valence-electron chi connectivity index (χ2n) is 8.67. The zero-order valence-corrected chi connectivity index (χ0v) is 18.3. The predicted octanol–water partition coefficient (Wildman–Crippen LogP) is 5.87. The number of imidazole rings is 1. The molecule has 2 heterocycles. The second-order valence-corrected chi connectivity index (χ2v) is 8.67. The highest BCUT2D eigenvalue weighted by Crippen LogP contribution is 2.36. The first-order valence-corrected chi connectivity index (χ1v) is 10.4. The highest BCUT2D eigenvalue weighted by Gasteiger charge is 2.26. The molecule has 4 rings (SSSR count). The van der Waals surface area contributed by atoms with Crippen molar-refractivity contribution in [3.63, 3.8) is 0 Å². The quantitative estimate of drug-likeness (QED) is 0.328. The zero-order valence-electron chi connectivity index (χ0n) is 18.3. The molecular formula is C26H27N3O2. The van der Waals surface area contributed by atoms with Crippen LogP contribution in [0.3, 0.4) is 0 Å². The number of esters is 1. The maximum atomic E-state index is 12.6. The van der Waals surface area contributed by atoms with Crippen molar-refractivity contribution in [2.75, 3.05) is 5.32 Å². The van der Waals surface area contributed by atoms with Crippen LogP contribution in [-0.2, 0) is 11.3 Å². The molecule has 0 fully saturated rings. The van der Waals surface area contributed by atoms with Crippen molar-refractivity contribution >= 4 is 17.4 Å². The van der Waals surface area contributed by atoms with Crippen molar-refractivity contribution in [3.05, 3.63) is 84.1 Å². The van der Waals surface area contributed by atoms with Crippen LogP contribution in [0.15, 0.2) is 72.9 Å². The highest BCUT2D eigenvalue weighted by atomic mass is 16.5. The normalized spacial score (nSPS) is 11.5. The van der Waals surface area contributed by atoms with Crippen LogP contribution in [0.2, 0.25) is 0 Å². The zero-order chi connectivity index (χ0) is 22.0. The molecule has 2 aromatic carbocycles. The molecule has 2 aromatic heterocycles. The molecule has 0 atom stereocenters. The van der Waals surface area contributed by atoms with Gasteiger partial charge in [0.25, 0.3) is 0 Å². The Hall–Kier alpha value is -3.60. The number of para-hydroxylation sites is 1. The number of carbonyl (C=O) groups excluding carboxylic acids is 1. The van der Waals surface area contributed by atoms with Gasteiger partial charge in [-0.15, -0.1) is 0 Å². The number of benzene rings is 2. The van der Waals surface area contributed by atoms with Crippen molar-refractivity contribution in [2.24, 2.45) is 5.41 Å². The van der Waals surface area contributed by atoms with Gasteiger partial charge in [0.15, 0.2) is 0 Å². The van der Waals surface area contributed by atoms with E-state index in [2.05, 4.69) is 21.9 Å². The Morgan fingerprint density at radius 1 is 1.00 bits per heavy atom. The Morgan fingerprint density at radius 3 is 2.45 bits per heavy atom. The van der Waals surface area contributed by atoms with Crippen LogP contribution in [0.1, 0.15) is 31.9 Å². The van der Waals surface area contributed by atoms with Crippen molar-refractivity contribution < 1.29 is 9.53 Å². The minimum Gasteiger partial charge on any atom is -0.425 e. The van der Waals surface area contributed by atoms with Crippen LogP contribution in [0.25, 0.3) is 16.9 Å². The van der Waals surface area contributed by atoms with E-state index in [4.69, 9.17) is 9.72 Å². The van der Waals surface area contributed by atoms with E-state index in [1.54, 1.807) is 0 Å². The summed E-state index contributed by atoms with van der Waals surface area (Å²) in [5.41, 5.74) is 4.03. The maximum Gasteiger partial charge on any atom is 0.316 e. The predicted molar refractivity (Wildman–Crippen MR) is 124 cm³/mol. The number of nitrogens with one attached hydrogen (secondary N) is 1. The second kappa shape index (κ2) is 8.26. The summed E-state index contributed by atoms with van der Waals surface area (Å²) >= 11 is 0. The SMILES string of the molecule is Cc1cccn2c(NCc3ccccc3)c(-c3ccccc3OC(=O)C(C)(C)C)nc12. The van der Waals surface area contributed by atoms with Crippen LogP contribution < -0.4 is 10.1 Å². The van der Waals surface area contributed by atoms with Gasteiger partial charge >= 0.3 is 5.97 Å². The third kappa shape index (κ3) is 4.31. The minimum absolute atomic E-state index is 0.279. The van der Waals surface area contributed by atoms with Crippen LogP contribution in [0, 0.1) is 12.3 Å². The van der Waals surface area contributed by atoms with E-state index in [1.165, 1.54) is 5.56 Å². The first-order chi connectivity index (χ1) is 14.8. The van der Waals surface area contributed by atoms with E-state index in [9.17, 15) is 4.79 Å². The summed E-state index contributed by atoms with van der Waals surface area (Å²) in [4.78, 5) is 17.5. The third-order valence-electron chi connectivity index (χ3n) is 5.11. The molecule has 0 bridgehead atoms. The van der Waals surface area contributed by atoms with Gasteiger partial charge in [0, 0.05) is 18.3 Å². The van der Waals surface area contributed by atoms with Gasteiger partial charge in [0.05, 0.1) is 5.41 Å².